The molecule has 0 aliphatic carbocycles. The molecule has 94 valence electrons. The van der Waals surface area contributed by atoms with Crippen LogP contribution in [0.5, 0.6) is 0 Å². The Morgan fingerprint density at radius 1 is 1.16 bits per heavy atom. The molecule has 0 aliphatic heterocycles. The number of halogens is 1. The van der Waals surface area contributed by atoms with Crippen molar-refractivity contribution in [2.45, 2.75) is 6.92 Å². The summed E-state index contributed by atoms with van der Waals surface area (Å²) in [5.74, 6) is 0. The zero-order valence-electron chi connectivity index (χ0n) is 10.4. The molecule has 0 radical (unpaired) electrons. The third-order valence-corrected chi connectivity index (χ3v) is 3.32. The van der Waals surface area contributed by atoms with Crippen LogP contribution in [0, 0.1) is 6.92 Å². The number of benzene rings is 1. The van der Waals surface area contributed by atoms with Crippen LogP contribution in [0.2, 0.25) is 5.02 Å². The molecule has 0 aliphatic rings. The van der Waals surface area contributed by atoms with E-state index in [0.717, 1.165) is 32.7 Å². The van der Waals surface area contributed by atoms with Gasteiger partial charge >= 0.3 is 0 Å². The van der Waals surface area contributed by atoms with Gasteiger partial charge in [-0.1, -0.05) is 29.8 Å². The Morgan fingerprint density at radius 2 is 2.00 bits per heavy atom. The molecule has 3 aromatic rings. The van der Waals surface area contributed by atoms with Gasteiger partial charge < -0.3 is 4.42 Å². The lowest BCUT2D eigenvalue weighted by Gasteiger charge is -2.00. The fraction of sp³-hybridized carbons (Fsp3) is 0.0625. The third-order valence-electron chi connectivity index (χ3n) is 3.08. The largest absolute Gasteiger partial charge is 0.462 e. The van der Waals surface area contributed by atoms with Crippen LogP contribution in [0.4, 0.5) is 0 Å². The molecule has 2 heterocycles. The molecule has 0 atom stereocenters. The number of pyridine rings is 1. The molecule has 0 fully saturated rings. The van der Waals surface area contributed by atoms with Crippen LogP contribution in [0.15, 0.2) is 47.3 Å². The van der Waals surface area contributed by atoms with Crippen molar-refractivity contribution < 1.29 is 4.42 Å². The molecule has 0 bridgehead atoms. The molecule has 1 aromatic carbocycles. The Morgan fingerprint density at radius 3 is 2.84 bits per heavy atom. The Labute approximate surface area is 116 Å². The van der Waals surface area contributed by atoms with E-state index >= 15 is 0 Å². The highest BCUT2D eigenvalue weighted by atomic mass is 35.5. The Bertz CT molecular complexity index is 758. The van der Waals surface area contributed by atoms with Crippen LogP contribution in [0.3, 0.4) is 0 Å². The smallest absolute Gasteiger partial charge is 0.152 e. The Balaban J connectivity index is 1.98. The summed E-state index contributed by atoms with van der Waals surface area (Å²) < 4.78 is 5.45. The molecule has 0 saturated heterocycles. The summed E-state index contributed by atoms with van der Waals surface area (Å²) in [5, 5.41) is 1.83. The van der Waals surface area contributed by atoms with Crippen molar-refractivity contribution in [1.29, 1.82) is 0 Å². The van der Waals surface area contributed by atoms with Gasteiger partial charge in [-0.25, -0.2) is 0 Å². The van der Waals surface area contributed by atoms with Gasteiger partial charge in [0.25, 0.3) is 0 Å². The average molecular weight is 270 g/mol. The number of aromatic nitrogens is 1. The standard InChI is InChI=1S/C16H12ClNO/c1-11-8-14(17)5-4-12(11)2-3-13-10-19-16-9-18-7-6-15(13)16/h2-10H,1H3/b3-2-. The number of nitrogens with zero attached hydrogens (tertiary/aromatic N) is 1. The lowest BCUT2D eigenvalue weighted by Crippen LogP contribution is -1.79. The van der Waals surface area contributed by atoms with Gasteiger partial charge in [0.2, 0.25) is 0 Å². The summed E-state index contributed by atoms with van der Waals surface area (Å²) in [7, 11) is 0. The molecule has 0 unspecified atom stereocenters. The van der Waals surface area contributed by atoms with E-state index in [0.29, 0.717) is 0 Å². The van der Waals surface area contributed by atoms with Gasteiger partial charge in [0.05, 0.1) is 12.5 Å². The Hall–Kier alpha value is -2.06. The minimum atomic E-state index is 0.759. The number of hydrogen-bond donors (Lipinski definition) is 0. The molecule has 3 heteroatoms. The molecule has 2 aromatic heterocycles. The highest BCUT2D eigenvalue weighted by molar-refractivity contribution is 6.30. The molecule has 0 amide bonds. The van der Waals surface area contributed by atoms with Gasteiger partial charge in [-0.05, 0) is 36.2 Å². The maximum Gasteiger partial charge on any atom is 0.152 e. The quantitative estimate of drug-likeness (QED) is 0.657. The average Bonchev–Trinajstić information content (AvgIpc) is 2.81. The van der Waals surface area contributed by atoms with Crippen molar-refractivity contribution in [3.8, 4) is 0 Å². The monoisotopic (exact) mass is 269 g/mol. The van der Waals surface area contributed by atoms with Gasteiger partial charge in [0, 0.05) is 22.2 Å². The predicted molar refractivity (Wildman–Crippen MR) is 79.1 cm³/mol. The van der Waals surface area contributed by atoms with E-state index in [1.165, 1.54) is 0 Å². The normalized spacial score (nSPS) is 11.5. The molecule has 0 spiro atoms. The van der Waals surface area contributed by atoms with E-state index in [2.05, 4.69) is 11.1 Å². The van der Waals surface area contributed by atoms with Crippen LogP contribution in [0.25, 0.3) is 23.1 Å². The van der Waals surface area contributed by atoms with E-state index in [4.69, 9.17) is 16.0 Å². The molecule has 0 N–H and O–H groups in total. The number of furan rings is 1. The second kappa shape index (κ2) is 4.90. The van der Waals surface area contributed by atoms with Crippen molar-refractivity contribution in [2.24, 2.45) is 0 Å². The van der Waals surface area contributed by atoms with E-state index in [-0.39, 0.29) is 0 Å². The topological polar surface area (TPSA) is 26.0 Å². The highest BCUT2D eigenvalue weighted by Gasteiger charge is 2.02. The van der Waals surface area contributed by atoms with Gasteiger partial charge in [-0.15, -0.1) is 0 Å². The molecule has 19 heavy (non-hydrogen) atoms. The fourth-order valence-electron chi connectivity index (χ4n) is 2.04. The molecule has 0 saturated carbocycles. The number of rotatable bonds is 2. The van der Waals surface area contributed by atoms with Gasteiger partial charge in [-0.2, -0.15) is 0 Å². The second-order valence-corrected chi connectivity index (χ2v) is 4.83. The summed E-state index contributed by atoms with van der Waals surface area (Å²) in [6.07, 6.45) is 9.34. The SMILES string of the molecule is Cc1cc(Cl)ccc1/C=C\c1coc2cnccc12. The number of aryl methyl sites for hydroxylation is 1. The summed E-state index contributed by atoms with van der Waals surface area (Å²) in [5.41, 5.74) is 4.15. The zero-order chi connectivity index (χ0) is 13.2. The zero-order valence-corrected chi connectivity index (χ0v) is 11.2. The van der Waals surface area contributed by atoms with E-state index in [1.54, 1.807) is 18.7 Å². The van der Waals surface area contributed by atoms with Crippen LogP contribution < -0.4 is 0 Å². The third kappa shape index (κ3) is 2.40. The highest BCUT2D eigenvalue weighted by Crippen LogP contribution is 2.23. The minimum absolute atomic E-state index is 0.759. The summed E-state index contributed by atoms with van der Waals surface area (Å²) in [4.78, 5) is 4.04. The van der Waals surface area contributed by atoms with E-state index in [9.17, 15) is 0 Å². The van der Waals surface area contributed by atoms with Crippen LogP contribution in [-0.2, 0) is 0 Å². The first-order valence-corrected chi connectivity index (χ1v) is 6.37. The summed E-state index contributed by atoms with van der Waals surface area (Å²) in [6.45, 7) is 2.04. The minimum Gasteiger partial charge on any atom is -0.462 e. The van der Waals surface area contributed by atoms with E-state index in [1.807, 2.05) is 37.3 Å². The summed E-state index contributed by atoms with van der Waals surface area (Å²) >= 11 is 5.95. The molecule has 3 rings (SSSR count). The number of hydrogen-bond acceptors (Lipinski definition) is 2. The first-order valence-electron chi connectivity index (χ1n) is 5.99. The van der Waals surface area contributed by atoms with Gasteiger partial charge in [-0.3, -0.25) is 4.98 Å². The molecular formula is C16H12ClNO. The van der Waals surface area contributed by atoms with Crippen molar-refractivity contribution in [2.75, 3.05) is 0 Å². The number of fused-ring (bicyclic) bond motifs is 1. The molecular weight excluding hydrogens is 258 g/mol. The van der Waals surface area contributed by atoms with Crippen LogP contribution in [0.1, 0.15) is 16.7 Å². The fourth-order valence-corrected chi connectivity index (χ4v) is 2.26. The van der Waals surface area contributed by atoms with Crippen LogP contribution in [-0.4, -0.2) is 4.98 Å². The van der Waals surface area contributed by atoms with Crippen molar-refractivity contribution in [3.05, 3.63) is 64.6 Å². The van der Waals surface area contributed by atoms with Gasteiger partial charge in [0.15, 0.2) is 5.58 Å². The first-order chi connectivity index (χ1) is 9.24. The van der Waals surface area contributed by atoms with E-state index < -0.39 is 0 Å². The maximum absolute atomic E-state index is 5.95. The Kier molecular flexibility index (Phi) is 3.10. The second-order valence-electron chi connectivity index (χ2n) is 4.40. The maximum atomic E-state index is 5.95. The molecule has 2 nitrogen and oxygen atoms in total. The lowest BCUT2D eigenvalue weighted by atomic mass is 10.1. The van der Waals surface area contributed by atoms with Crippen molar-refractivity contribution >= 4 is 34.7 Å². The van der Waals surface area contributed by atoms with Gasteiger partial charge in [0.1, 0.15) is 0 Å². The van der Waals surface area contributed by atoms with Crippen molar-refractivity contribution in [1.82, 2.24) is 4.98 Å². The van der Waals surface area contributed by atoms with Crippen LogP contribution >= 0.6 is 11.6 Å². The lowest BCUT2D eigenvalue weighted by molar-refractivity contribution is 0.613. The first kappa shape index (κ1) is 12.0. The van der Waals surface area contributed by atoms with Crippen molar-refractivity contribution in [3.63, 3.8) is 0 Å². The predicted octanol–water partition coefficient (Wildman–Crippen LogP) is 4.96. The summed E-state index contributed by atoms with van der Waals surface area (Å²) in [6, 6.07) is 7.81.